The van der Waals surface area contributed by atoms with E-state index < -0.39 is 0 Å². The normalized spacial score (nSPS) is 31.0. The Kier molecular flexibility index (Phi) is 4.42. The lowest BCUT2D eigenvalue weighted by Gasteiger charge is -2.38. The van der Waals surface area contributed by atoms with Crippen molar-refractivity contribution in [2.24, 2.45) is 5.92 Å². The Balaban J connectivity index is 1.39. The van der Waals surface area contributed by atoms with Crippen LogP contribution in [0.3, 0.4) is 0 Å². The molecule has 0 amide bonds. The van der Waals surface area contributed by atoms with Gasteiger partial charge >= 0.3 is 0 Å². The standard InChI is InChI=1S/C18H28N2/c1-14-5-7-16(8-6-14)17-10-18(11-17)19-12-15-4-3-9-20(2)13-15/h5-8,15,17-19H,3-4,9-13H2,1-2H3. The number of nitrogens with zero attached hydrogens (tertiary/aromatic N) is 1. The summed E-state index contributed by atoms with van der Waals surface area (Å²) in [4.78, 5) is 2.48. The topological polar surface area (TPSA) is 15.3 Å². The Morgan fingerprint density at radius 3 is 2.65 bits per heavy atom. The fourth-order valence-electron chi connectivity index (χ4n) is 3.67. The van der Waals surface area contributed by atoms with Crippen molar-refractivity contribution in [3.8, 4) is 0 Å². The summed E-state index contributed by atoms with van der Waals surface area (Å²) >= 11 is 0. The van der Waals surface area contributed by atoms with Crippen LogP contribution in [0.4, 0.5) is 0 Å². The van der Waals surface area contributed by atoms with Gasteiger partial charge in [-0.05, 0) is 70.1 Å². The van der Waals surface area contributed by atoms with Gasteiger partial charge in [0.1, 0.15) is 0 Å². The lowest BCUT2D eigenvalue weighted by atomic mass is 9.75. The first-order chi connectivity index (χ1) is 9.70. The molecule has 1 atom stereocenters. The molecule has 20 heavy (non-hydrogen) atoms. The Morgan fingerprint density at radius 1 is 1.20 bits per heavy atom. The Hall–Kier alpha value is -0.860. The van der Waals surface area contributed by atoms with Crippen molar-refractivity contribution in [3.05, 3.63) is 35.4 Å². The molecule has 1 aromatic rings. The van der Waals surface area contributed by atoms with Crippen molar-refractivity contribution in [2.45, 2.75) is 44.6 Å². The van der Waals surface area contributed by atoms with Gasteiger partial charge in [-0.25, -0.2) is 0 Å². The van der Waals surface area contributed by atoms with Gasteiger partial charge in [-0.3, -0.25) is 0 Å². The number of rotatable bonds is 4. The van der Waals surface area contributed by atoms with Gasteiger partial charge in [-0.1, -0.05) is 29.8 Å². The molecule has 1 aliphatic heterocycles. The Bertz CT molecular complexity index is 420. The number of hydrogen-bond acceptors (Lipinski definition) is 2. The largest absolute Gasteiger partial charge is 0.314 e. The van der Waals surface area contributed by atoms with Crippen LogP contribution in [0, 0.1) is 12.8 Å². The summed E-state index contributed by atoms with van der Waals surface area (Å²) in [5, 5.41) is 3.79. The van der Waals surface area contributed by atoms with Gasteiger partial charge in [0.15, 0.2) is 0 Å². The Morgan fingerprint density at radius 2 is 1.95 bits per heavy atom. The van der Waals surface area contributed by atoms with E-state index in [-0.39, 0.29) is 0 Å². The van der Waals surface area contributed by atoms with Crippen molar-refractivity contribution in [1.82, 2.24) is 10.2 Å². The molecule has 1 aromatic carbocycles. The molecule has 0 bridgehead atoms. The third kappa shape index (κ3) is 3.42. The molecule has 1 unspecified atom stereocenters. The summed E-state index contributed by atoms with van der Waals surface area (Å²) in [6.07, 6.45) is 5.43. The van der Waals surface area contributed by atoms with E-state index in [1.807, 2.05) is 0 Å². The van der Waals surface area contributed by atoms with E-state index in [1.165, 1.54) is 56.4 Å². The minimum absolute atomic E-state index is 0.758. The smallest absolute Gasteiger partial charge is 0.00788 e. The van der Waals surface area contributed by atoms with Crippen LogP contribution in [0.5, 0.6) is 0 Å². The molecule has 1 heterocycles. The molecular formula is C18H28N2. The number of likely N-dealkylation sites (tertiary alicyclic amines) is 1. The first kappa shape index (κ1) is 14.1. The number of aryl methyl sites for hydroxylation is 1. The van der Waals surface area contributed by atoms with Crippen LogP contribution in [0.2, 0.25) is 0 Å². The second-order valence-electron chi connectivity index (χ2n) is 6.95. The molecule has 0 radical (unpaired) electrons. The van der Waals surface area contributed by atoms with E-state index in [1.54, 1.807) is 0 Å². The molecule has 2 nitrogen and oxygen atoms in total. The van der Waals surface area contributed by atoms with Gasteiger partial charge in [0.05, 0.1) is 0 Å². The van der Waals surface area contributed by atoms with Gasteiger partial charge in [-0.2, -0.15) is 0 Å². The lowest BCUT2D eigenvalue weighted by molar-refractivity contribution is 0.190. The maximum atomic E-state index is 3.79. The SMILES string of the molecule is Cc1ccc(C2CC(NCC3CCCN(C)C3)C2)cc1. The summed E-state index contributed by atoms with van der Waals surface area (Å²) in [5.74, 6) is 1.66. The quantitative estimate of drug-likeness (QED) is 0.905. The average Bonchev–Trinajstić information content (AvgIpc) is 2.39. The predicted molar refractivity (Wildman–Crippen MR) is 85.2 cm³/mol. The number of nitrogens with one attached hydrogen (secondary N) is 1. The van der Waals surface area contributed by atoms with Gasteiger partial charge in [-0.15, -0.1) is 0 Å². The molecule has 0 aromatic heterocycles. The van der Waals surface area contributed by atoms with Crippen LogP contribution < -0.4 is 5.32 Å². The maximum Gasteiger partial charge on any atom is 0.00788 e. The van der Waals surface area contributed by atoms with Gasteiger partial charge < -0.3 is 10.2 Å². The molecule has 1 aliphatic carbocycles. The summed E-state index contributed by atoms with van der Waals surface area (Å²) in [7, 11) is 2.25. The second-order valence-corrected chi connectivity index (χ2v) is 6.95. The number of hydrogen-bond donors (Lipinski definition) is 1. The fraction of sp³-hybridized carbons (Fsp3) is 0.667. The molecule has 1 saturated carbocycles. The fourth-order valence-corrected chi connectivity index (χ4v) is 3.67. The third-order valence-electron chi connectivity index (χ3n) is 5.10. The molecule has 1 saturated heterocycles. The molecule has 2 aliphatic rings. The van der Waals surface area contributed by atoms with Crippen LogP contribution in [-0.4, -0.2) is 37.6 Å². The first-order valence-corrected chi connectivity index (χ1v) is 8.19. The van der Waals surface area contributed by atoms with Crippen molar-refractivity contribution in [2.75, 3.05) is 26.7 Å². The summed E-state index contributed by atoms with van der Waals surface area (Å²) < 4.78 is 0. The highest BCUT2D eigenvalue weighted by Crippen LogP contribution is 2.37. The van der Waals surface area contributed by atoms with E-state index >= 15 is 0 Å². The number of benzene rings is 1. The van der Waals surface area contributed by atoms with Gasteiger partial charge in [0, 0.05) is 12.6 Å². The second kappa shape index (κ2) is 6.28. The highest BCUT2D eigenvalue weighted by molar-refractivity contribution is 5.26. The minimum atomic E-state index is 0.758. The molecule has 0 spiro atoms. The van der Waals surface area contributed by atoms with Crippen molar-refractivity contribution >= 4 is 0 Å². The van der Waals surface area contributed by atoms with Crippen LogP contribution >= 0.6 is 0 Å². The van der Waals surface area contributed by atoms with Gasteiger partial charge in [0.2, 0.25) is 0 Å². The predicted octanol–water partition coefficient (Wildman–Crippen LogP) is 3.17. The van der Waals surface area contributed by atoms with E-state index in [0.717, 1.165) is 17.9 Å². The minimum Gasteiger partial charge on any atom is -0.314 e. The first-order valence-electron chi connectivity index (χ1n) is 8.19. The molecule has 1 N–H and O–H groups in total. The van der Waals surface area contributed by atoms with E-state index in [4.69, 9.17) is 0 Å². The molecular weight excluding hydrogens is 244 g/mol. The van der Waals surface area contributed by atoms with E-state index in [2.05, 4.69) is 48.5 Å². The highest BCUT2D eigenvalue weighted by Gasteiger charge is 2.30. The maximum absolute atomic E-state index is 3.79. The lowest BCUT2D eigenvalue weighted by Crippen LogP contribution is -2.45. The summed E-state index contributed by atoms with van der Waals surface area (Å²) in [6, 6.07) is 9.87. The summed E-state index contributed by atoms with van der Waals surface area (Å²) in [6.45, 7) is 5.95. The highest BCUT2D eigenvalue weighted by atomic mass is 15.1. The van der Waals surface area contributed by atoms with Crippen molar-refractivity contribution in [1.29, 1.82) is 0 Å². The van der Waals surface area contributed by atoms with Crippen LogP contribution in [0.1, 0.15) is 42.7 Å². The zero-order valence-corrected chi connectivity index (χ0v) is 12.9. The van der Waals surface area contributed by atoms with Crippen LogP contribution in [0.25, 0.3) is 0 Å². The third-order valence-corrected chi connectivity index (χ3v) is 5.10. The van der Waals surface area contributed by atoms with Crippen molar-refractivity contribution in [3.63, 3.8) is 0 Å². The average molecular weight is 272 g/mol. The molecule has 110 valence electrons. The number of piperidine rings is 1. The van der Waals surface area contributed by atoms with Crippen LogP contribution in [0.15, 0.2) is 24.3 Å². The molecule has 2 fully saturated rings. The van der Waals surface area contributed by atoms with E-state index in [9.17, 15) is 0 Å². The van der Waals surface area contributed by atoms with E-state index in [0.29, 0.717) is 0 Å². The van der Waals surface area contributed by atoms with Crippen LogP contribution in [-0.2, 0) is 0 Å². The zero-order valence-electron chi connectivity index (χ0n) is 12.9. The molecule has 3 rings (SSSR count). The monoisotopic (exact) mass is 272 g/mol. The summed E-state index contributed by atoms with van der Waals surface area (Å²) in [5.41, 5.74) is 2.90. The Labute approximate surface area is 123 Å². The molecule has 2 heteroatoms. The van der Waals surface area contributed by atoms with Crippen molar-refractivity contribution < 1.29 is 0 Å². The zero-order chi connectivity index (χ0) is 13.9. The van der Waals surface area contributed by atoms with Gasteiger partial charge in [0.25, 0.3) is 0 Å².